The standard InChI is InChI=1S/C27H33ClN2O5/c1-33-23-14-11-19(16-24(23)34-2)27(32)30(17-22-8-5-15-35-22)25(18-9-12-20(28)13-10-18)26(31)29-21-6-3-4-7-21/h9-14,16,21-22,25H,3-8,15,17H2,1-2H3,(H,29,31). The number of methoxy groups -OCH3 is 2. The maximum atomic E-state index is 14.0. The second-order valence-corrected chi connectivity index (χ2v) is 9.54. The summed E-state index contributed by atoms with van der Waals surface area (Å²) in [5, 5.41) is 3.76. The van der Waals surface area contributed by atoms with Gasteiger partial charge >= 0.3 is 0 Å². The first-order chi connectivity index (χ1) is 17.0. The number of amides is 2. The van der Waals surface area contributed by atoms with Crippen LogP contribution in [0.15, 0.2) is 42.5 Å². The minimum Gasteiger partial charge on any atom is -0.493 e. The topological polar surface area (TPSA) is 77.1 Å². The van der Waals surface area contributed by atoms with E-state index in [4.69, 9.17) is 25.8 Å². The third kappa shape index (κ3) is 6.08. The van der Waals surface area contributed by atoms with E-state index in [2.05, 4.69) is 5.32 Å². The predicted molar refractivity (Wildman–Crippen MR) is 134 cm³/mol. The van der Waals surface area contributed by atoms with Crippen molar-refractivity contribution in [2.24, 2.45) is 0 Å². The third-order valence-electron chi connectivity index (χ3n) is 6.76. The van der Waals surface area contributed by atoms with Gasteiger partial charge in [-0.05, 0) is 61.6 Å². The molecule has 2 amide bonds. The van der Waals surface area contributed by atoms with Gasteiger partial charge in [0, 0.05) is 29.8 Å². The number of hydrogen-bond donors (Lipinski definition) is 1. The zero-order chi connectivity index (χ0) is 24.8. The summed E-state index contributed by atoms with van der Waals surface area (Å²) in [6, 6.07) is 11.5. The van der Waals surface area contributed by atoms with Gasteiger partial charge in [-0.2, -0.15) is 0 Å². The first kappa shape index (κ1) is 25.3. The second-order valence-electron chi connectivity index (χ2n) is 9.11. The van der Waals surface area contributed by atoms with Gasteiger partial charge in [0.2, 0.25) is 5.91 Å². The number of nitrogens with one attached hydrogen (secondary N) is 1. The molecule has 1 aliphatic heterocycles. The van der Waals surface area contributed by atoms with Crippen LogP contribution in [0.2, 0.25) is 5.02 Å². The predicted octanol–water partition coefficient (Wildman–Crippen LogP) is 4.78. The molecule has 4 rings (SSSR count). The van der Waals surface area contributed by atoms with Crippen LogP contribution in [0.4, 0.5) is 0 Å². The van der Waals surface area contributed by atoms with E-state index in [9.17, 15) is 9.59 Å². The van der Waals surface area contributed by atoms with E-state index in [1.54, 1.807) is 42.3 Å². The van der Waals surface area contributed by atoms with E-state index in [0.717, 1.165) is 38.5 Å². The van der Waals surface area contributed by atoms with Gasteiger partial charge in [-0.3, -0.25) is 9.59 Å². The molecule has 1 aliphatic carbocycles. The molecule has 0 bridgehead atoms. The summed E-state index contributed by atoms with van der Waals surface area (Å²) in [7, 11) is 3.08. The van der Waals surface area contributed by atoms with Crippen molar-refractivity contribution in [2.45, 2.75) is 56.7 Å². The molecule has 1 N–H and O–H groups in total. The van der Waals surface area contributed by atoms with Gasteiger partial charge < -0.3 is 24.4 Å². The number of benzene rings is 2. The van der Waals surface area contributed by atoms with Gasteiger partial charge in [0.1, 0.15) is 6.04 Å². The van der Waals surface area contributed by atoms with Crippen molar-refractivity contribution in [1.82, 2.24) is 10.2 Å². The van der Waals surface area contributed by atoms with E-state index in [0.29, 0.717) is 40.8 Å². The smallest absolute Gasteiger partial charge is 0.255 e. The fraction of sp³-hybridized carbons (Fsp3) is 0.481. The number of nitrogens with zero attached hydrogens (tertiary/aromatic N) is 1. The average molecular weight is 501 g/mol. The molecule has 7 nitrogen and oxygen atoms in total. The SMILES string of the molecule is COc1ccc(C(=O)N(CC2CCCO2)C(C(=O)NC2CCCC2)c2ccc(Cl)cc2)cc1OC. The lowest BCUT2D eigenvalue weighted by atomic mass is 10.0. The Morgan fingerprint density at radius 3 is 2.37 bits per heavy atom. The molecule has 0 radical (unpaired) electrons. The summed E-state index contributed by atoms with van der Waals surface area (Å²) in [6.45, 7) is 0.960. The van der Waals surface area contributed by atoms with Crippen LogP contribution in [-0.4, -0.2) is 56.2 Å². The first-order valence-corrected chi connectivity index (χ1v) is 12.6. The van der Waals surface area contributed by atoms with Gasteiger partial charge in [0.05, 0.1) is 20.3 Å². The van der Waals surface area contributed by atoms with Gasteiger partial charge in [0.15, 0.2) is 11.5 Å². The summed E-state index contributed by atoms with van der Waals surface area (Å²) < 4.78 is 16.6. The fourth-order valence-corrected chi connectivity index (χ4v) is 5.04. The molecule has 1 saturated carbocycles. The van der Waals surface area contributed by atoms with Crippen LogP contribution in [0, 0.1) is 0 Å². The highest BCUT2D eigenvalue weighted by atomic mass is 35.5. The van der Waals surface area contributed by atoms with Crippen LogP contribution in [-0.2, 0) is 9.53 Å². The zero-order valence-electron chi connectivity index (χ0n) is 20.3. The van der Waals surface area contributed by atoms with Crippen LogP contribution < -0.4 is 14.8 Å². The molecule has 1 saturated heterocycles. The third-order valence-corrected chi connectivity index (χ3v) is 7.01. The molecule has 188 valence electrons. The Kier molecular flexibility index (Phi) is 8.52. The molecule has 0 aromatic heterocycles. The summed E-state index contributed by atoms with van der Waals surface area (Å²) in [6.07, 6.45) is 5.74. The van der Waals surface area contributed by atoms with Crippen LogP contribution in [0.1, 0.15) is 60.5 Å². The molecule has 2 unspecified atom stereocenters. The normalized spacial score (nSPS) is 18.8. The fourth-order valence-electron chi connectivity index (χ4n) is 4.92. The summed E-state index contributed by atoms with van der Waals surface area (Å²) in [5.41, 5.74) is 1.12. The Morgan fingerprint density at radius 2 is 1.74 bits per heavy atom. The molecule has 2 fully saturated rings. The maximum absolute atomic E-state index is 14.0. The van der Waals surface area contributed by atoms with Crippen LogP contribution >= 0.6 is 11.6 Å². The molecule has 8 heteroatoms. The van der Waals surface area contributed by atoms with Crippen molar-refractivity contribution in [3.8, 4) is 11.5 Å². The van der Waals surface area contributed by atoms with Crippen LogP contribution in [0.5, 0.6) is 11.5 Å². The lowest BCUT2D eigenvalue weighted by molar-refractivity contribution is -0.127. The Bertz CT molecular complexity index is 1020. The Balaban J connectivity index is 1.72. The van der Waals surface area contributed by atoms with Gasteiger partial charge in [-0.15, -0.1) is 0 Å². The molecule has 1 heterocycles. The van der Waals surface area contributed by atoms with Crippen LogP contribution in [0.25, 0.3) is 0 Å². The minimum atomic E-state index is -0.822. The van der Waals surface area contributed by atoms with E-state index in [-0.39, 0.29) is 24.0 Å². The molecule has 2 aromatic carbocycles. The van der Waals surface area contributed by atoms with Crippen molar-refractivity contribution < 1.29 is 23.8 Å². The molecule has 2 aromatic rings. The lowest BCUT2D eigenvalue weighted by Crippen LogP contribution is -2.48. The highest BCUT2D eigenvalue weighted by molar-refractivity contribution is 6.30. The number of halogens is 1. The molecule has 35 heavy (non-hydrogen) atoms. The molecular formula is C27H33ClN2O5. The highest BCUT2D eigenvalue weighted by Gasteiger charge is 2.36. The Hall–Kier alpha value is -2.77. The monoisotopic (exact) mass is 500 g/mol. The summed E-state index contributed by atoms with van der Waals surface area (Å²) >= 11 is 6.14. The summed E-state index contributed by atoms with van der Waals surface area (Å²) in [4.78, 5) is 29.4. The second kappa shape index (κ2) is 11.8. The zero-order valence-corrected chi connectivity index (χ0v) is 21.1. The lowest BCUT2D eigenvalue weighted by Gasteiger charge is -2.34. The first-order valence-electron chi connectivity index (χ1n) is 12.2. The quantitative estimate of drug-likeness (QED) is 0.536. The van der Waals surface area contributed by atoms with Crippen molar-refractivity contribution in [2.75, 3.05) is 27.4 Å². The van der Waals surface area contributed by atoms with E-state index in [1.165, 1.54) is 7.11 Å². The Morgan fingerprint density at radius 1 is 1.03 bits per heavy atom. The largest absolute Gasteiger partial charge is 0.493 e. The number of carbonyl (C=O) groups is 2. The molecule has 2 atom stereocenters. The van der Waals surface area contributed by atoms with Crippen molar-refractivity contribution in [3.05, 3.63) is 58.6 Å². The Labute approximate surface area is 211 Å². The number of hydrogen-bond acceptors (Lipinski definition) is 5. The van der Waals surface area contributed by atoms with Crippen LogP contribution in [0.3, 0.4) is 0 Å². The average Bonchev–Trinajstić information content (AvgIpc) is 3.58. The minimum absolute atomic E-state index is 0.123. The van der Waals surface area contributed by atoms with Gasteiger partial charge in [-0.1, -0.05) is 36.6 Å². The highest BCUT2D eigenvalue weighted by Crippen LogP contribution is 2.32. The van der Waals surface area contributed by atoms with E-state index in [1.807, 2.05) is 12.1 Å². The number of carbonyl (C=O) groups excluding carboxylic acids is 2. The molecule has 2 aliphatic rings. The van der Waals surface area contributed by atoms with Crippen molar-refractivity contribution in [1.29, 1.82) is 0 Å². The van der Waals surface area contributed by atoms with Crippen molar-refractivity contribution in [3.63, 3.8) is 0 Å². The maximum Gasteiger partial charge on any atom is 0.255 e. The van der Waals surface area contributed by atoms with Crippen molar-refractivity contribution >= 4 is 23.4 Å². The summed E-state index contributed by atoms with van der Waals surface area (Å²) in [5.74, 6) is 0.519. The van der Waals surface area contributed by atoms with E-state index >= 15 is 0 Å². The van der Waals surface area contributed by atoms with E-state index < -0.39 is 6.04 Å². The van der Waals surface area contributed by atoms with Gasteiger partial charge in [-0.25, -0.2) is 0 Å². The van der Waals surface area contributed by atoms with Gasteiger partial charge in [0.25, 0.3) is 5.91 Å². The molecular weight excluding hydrogens is 468 g/mol. The number of ether oxygens (including phenoxy) is 3. The number of rotatable bonds is 9. The molecule has 0 spiro atoms.